The molecule has 0 aromatic heterocycles. The Morgan fingerprint density at radius 2 is 2.27 bits per heavy atom. The van der Waals surface area contributed by atoms with Crippen molar-refractivity contribution in [2.45, 2.75) is 13.3 Å². The van der Waals surface area contributed by atoms with E-state index < -0.39 is 0 Å². The summed E-state index contributed by atoms with van der Waals surface area (Å²) in [5, 5.41) is 4.06. The number of rotatable bonds is 6. The number of halogens is 2. The highest BCUT2D eigenvalue weighted by Crippen LogP contribution is 2.23. The summed E-state index contributed by atoms with van der Waals surface area (Å²) in [6.45, 7) is 4.47. The molecule has 2 nitrogen and oxygen atoms in total. The van der Waals surface area contributed by atoms with Crippen LogP contribution in [0.25, 0.3) is 0 Å². The Bertz CT molecular complexity index is 307. The van der Waals surface area contributed by atoms with Crippen molar-refractivity contribution >= 4 is 39.9 Å². The van der Waals surface area contributed by atoms with Gasteiger partial charge in [-0.15, -0.1) is 0 Å². The van der Waals surface area contributed by atoms with Crippen LogP contribution in [0.2, 0.25) is 5.02 Å². The average Bonchev–Trinajstić information content (AvgIpc) is 2.20. The fourth-order valence-electron chi connectivity index (χ4n) is 1.17. The quantitative estimate of drug-likeness (QED) is 0.629. The van der Waals surface area contributed by atoms with Gasteiger partial charge < -0.3 is 10.1 Å². The molecular weight excluding hydrogens is 324 g/mol. The average molecular weight is 340 g/mol. The van der Waals surface area contributed by atoms with Gasteiger partial charge in [-0.1, -0.05) is 11.6 Å². The van der Waals surface area contributed by atoms with Gasteiger partial charge in [-0.25, -0.2) is 0 Å². The molecule has 0 heterocycles. The minimum Gasteiger partial charge on any atom is -0.384 e. The molecule has 15 heavy (non-hydrogen) atoms. The van der Waals surface area contributed by atoms with Crippen LogP contribution in [0.4, 0.5) is 5.69 Å². The summed E-state index contributed by atoms with van der Waals surface area (Å²) >= 11 is 8.32. The molecule has 0 fully saturated rings. The Labute approximate surface area is 109 Å². The predicted octanol–water partition coefficient (Wildman–Crippen LogP) is 3.78. The van der Waals surface area contributed by atoms with E-state index in [0.717, 1.165) is 40.5 Å². The fraction of sp³-hybridized carbons (Fsp3) is 0.455. The molecule has 1 N–H and O–H groups in total. The van der Waals surface area contributed by atoms with Crippen molar-refractivity contribution in [1.29, 1.82) is 0 Å². The normalized spacial score (nSPS) is 10.3. The summed E-state index contributed by atoms with van der Waals surface area (Å²) < 4.78 is 6.40. The molecule has 4 heteroatoms. The molecule has 0 aliphatic rings. The molecule has 0 bridgehead atoms. The molecule has 0 atom stereocenters. The topological polar surface area (TPSA) is 21.3 Å². The lowest BCUT2D eigenvalue weighted by Crippen LogP contribution is -2.05. The zero-order chi connectivity index (χ0) is 11.1. The maximum absolute atomic E-state index is 6.07. The zero-order valence-corrected chi connectivity index (χ0v) is 11.6. The van der Waals surface area contributed by atoms with Gasteiger partial charge in [0.2, 0.25) is 0 Å². The molecule has 1 rings (SSSR count). The number of hydrogen-bond acceptors (Lipinski definition) is 2. The van der Waals surface area contributed by atoms with E-state index in [2.05, 4.69) is 27.9 Å². The summed E-state index contributed by atoms with van der Waals surface area (Å²) in [4.78, 5) is 0. The van der Waals surface area contributed by atoms with Gasteiger partial charge >= 0.3 is 0 Å². The van der Waals surface area contributed by atoms with E-state index in [1.165, 1.54) is 0 Å². The zero-order valence-electron chi connectivity index (χ0n) is 8.72. The molecule has 1 aromatic carbocycles. The largest absolute Gasteiger partial charge is 0.384 e. The van der Waals surface area contributed by atoms with Gasteiger partial charge in [0.15, 0.2) is 0 Å². The SMILES string of the molecule is CCOCCCNc1ccc(I)cc1Cl. The van der Waals surface area contributed by atoms with Crippen molar-refractivity contribution < 1.29 is 4.74 Å². The second kappa shape index (κ2) is 7.30. The number of benzene rings is 1. The molecule has 0 spiro atoms. The van der Waals surface area contributed by atoms with Gasteiger partial charge in [-0.2, -0.15) is 0 Å². The van der Waals surface area contributed by atoms with E-state index in [-0.39, 0.29) is 0 Å². The molecule has 0 unspecified atom stereocenters. The van der Waals surface area contributed by atoms with Crippen LogP contribution in [-0.4, -0.2) is 19.8 Å². The second-order valence-corrected chi connectivity index (χ2v) is 4.75. The Kier molecular flexibility index (Phi) is 6.36. The molecule has 84 valence electrons. The van der Waals surface area contributed by atoms with E-state index in [1.807, 2.05) is 25.1 Å². The van der Waals surface area contributed by atoms with Gasteiger partial charge in [0.1, 0.15) is 0 Å². The molecule has 0 amide bonds. The summed E-state index contributed by atoms with van der Waals surface area (Å²) in [5.74, 6) is 0. The molecule has 0 saturated heterocycles. The lowest BCUT2D eigenvalue weighted by molar-refractivity contribution is 0.147. The van der Waals surface area contributed by atoms with Gasteiger partial charge in [0.25, 0.3) is 0 Å². The van der Waals surface area contributed by atoms with E-state index in [4.69, 9.17) is 16.3 Å². The lowest BCUT2D eigenvalue weighted by atomic mass is 10.3. The third-order valence-corrected chi connectivity index (χ3v) is 2.90. The van der Waals surface area contributed by atoms with Crippen molar-refractivity contribution in [2.24, 2.45) is 0 Å². The molecule has 0 saturated carbocycles. The first-order valence-electron chi connectivity index (χ1n) is 5.00. The standard InChI is InChI=1S/C11H15ClINO/c1-2-15-7-3-6-14-11-5-4-9(13)8-10(11)12/h4-5,8,14H,2-3,6-7H2,1H3. The number of nitrogens with one attached hydrogen (secondary N) is 1. The summed E-state index contributed by atoms with van der Waals surface area (Å²) in [6, 6.07) is 6.00. The van der Waals surface area contributed by atoms with Gasteiger partial charge in [-0.3, -0.25) is 0 Å². The summed E-state index contributed by atoms with van der Waals surface area (Å²) in [6.07, 6.45) is 0.996. The first-order chi connectivity index (χ1) is 7.24. The molecule has 0 aliphatic carbocycles. The van der Waals surface area contributed by atoms with E-state index in [1.54, 1.807) is 0 Å². The van der Waals surface area contributed by atoms with E-state index in [9.17, 15) is 0 Å². The van der Waals surface area contributed by atoms with Crippen molar-refractivity contribution in [3.05, 3.63) is 26.8 Å². The Hall–Kier alpha value is -0.0000000000000000555. The van der Waals surface area contributed by atoms with Crippen LogP contribution in [0.5, 0.6) is 0 Å². The molecular formula is C11H15ClINO. The minimum atomic E-state index is 0.776. The first-order valence-corrected chi connectivity index (χ1v) is 6.46. The second-order valence-electron chi connectivity index (χ2n) is 3.10. The summed E-state index contributed by atoms with van der Waals surface area (Å²) in [7, 11) is 0. The Morgan fingerprint density at radius 1 is 1.47 bits per heavy atom. The number of anilines is 1. The third-order valence-electron chi connectivity index (χ3n) is 1.92. The van der Waals surface area contributed by atoms with Crippen LogP contribution >= 0.6 is 34.2 Å². The van der Waals surface area contributed by atoms with Crippen LogP contribution in [0, 0.1) is 3.57 Å². The van der Waals surface area contributed by atoms with Crippen molar-refractivity contribution in [3.63, 3.8) is 0 Å². The Morgan fingerprint density at radius 3 is 2.93 bits per heavy atom. The van der Waals surface area contributed by atoms with Crippen LogP contribution in [0.15, 0.2) is 18.2 Å². The predicted molar refractivity (Wildman–Crippen MR) is 73.8 cm³/mol. The van der Waals surface area contributed by atoms with E-state index in [0.29, 0.717) is 0 Å². The number of hydrogen-bond donors (Lipinski definition) is 1. The highest BCUT2D eigenvalue weighted by atomic mass is 127. The van der Waals surface area contributed by atoms with Gasteiger partial charge in [0.05, 0.1) is 10.7 Å². The van der Waals surface area contributed by atoms with Crippen LogP contribution < -0.4 is 5.32 Å². The maximum Gasteiger partial charge on any atom is 0.0648 e. The van der Waals surface area contributed by atoms with Crippen molar-refractivity contribution in [3.8, 4) is 0 Å². The van der Waals surface area contributed by atoms with Crippen molar-refractivity contribution in [1.82, 2.24) is 0 Å². The number of ether oxygens (including phenoxy) is 1. The minimum absolute atomic E-state index is 0.776. The van der Waals surface area contributed by atoms with Crippen LogP contribution in [-0.2, 0) is 4.74 Å². The van der Waals surface area contributed by atoms with Crippen LogP contribution in [0.1, 0.15) is 13.3 Å². The summed E-state index contributed by atoms with van der Waals surface area (Å²) in [5.41, 5.74) is 0.994. The van der Waals surface area contributed by atoms with E-state index >= 15 is 0 Å². The van der Waals surface area contributed by atoms with Crippen molar-refractivity contribution in [2.75, 3.05) is 25.1 Å². The molecule has 0 radical (unpaired) electrons. The highest BCUT2D eigenvalue weighted by molar-refractivity contribution is 14.1. The fourth-order valence-corrected chi connectivity index (χ4v) is 2.10. The van der Waals surface area contributed by atoms with Gasteiger partial charge in [-0.05, 0) is 54.1 Å². The smallest absolute Gasteiger partial charge is 0.0648 e. The van der Waals surface area contributed by atoms with Gasteiger partial charge in [0, 0.05) is 23.3 Å². The molecule has 0 aliphatic heterocycles. The first kappa shape index (κ1) is 13.1. The highest BCUT2D eigenvalue weighted by Gasteiger charge is 1.99. The Balaban J connectivity index is 2.31. The maximum atomic E-state index is 6.07. The molecule has 1 aromatic rings. The monoisotopic (exact) mass is 339 g/mol. The lowest BCUT2D eigenvalue weighted by Gasteiger charge is -2.08. The van der Waals surface area contributed by atoms with Crippen LogP contribution in [0.3, 0.4) is 0 Å². The third kappa shape index (κ3) is 5.04.